The maximum Gasteiger partial charge on any atom is 0.414 e. The SMILES string of the molecule is C[C@@H]1[C@@H]([Si](C)(C)O)[C@H](CC(=O)N2Cc3ccccc3C[C@H]2CO)O[C@@]12C(=O)N(Cc1ccc(N3CCOC3=O)cc1)c1ccc(Br)cc12. The van der Waals surface area contributed by atoms with Gasteiger partial charge in [-0.15, -0.1) is 0 Å². The van der Waals surface area contributed by atoms with Gasteiger partial charge in [0.25, 0.3) is 5.91 Å². The highest BCUT2D eigenvalue weighted by Crippen LogP contribution is 2.60. The van der Waals surface area contributed by atoms with E-state index in [9.17, 15) is 24.3 Å². The van der Waals surface area contributed by atoms with E-state index in [1.807, 2.05) is 86.7 Å². The molecule has 2 fully saturated rings. The number of benzene rings is 3. The lowest BCUT2D eigenvalue weighted by Gasteiger charge is -2.37. The number of carbonyl (C=O) groups is 3. The molecular formula is C36H40BrN3O7Si. The number of ether oxygens (including phenoxy) is 2. The molecule has 5 atom stereocenters. The van der Waals surface area contributed by atoms with Gasteiger partial charge in [-0.1, -0.05) is 59.3 Å². The Morgan fingerprint density at radius 2 is 1.79 bits per heavy atom. The normalized spacial score (nSPS) is 26.7. The van der Waals surface area contributed by atoms with Crippen molar-refractivity contribution in [3.8, 4) is 0 Å². The molecule has 3 aromatic carbocycles. The molecule has 0 aliphatic carbocycles. The van der Waals surface area contributed by atoms with Crippen LogP contribution in [0.25, 0.3) is 0 Å². The molecule has 1 spiro atoms. The number of nitrogens with zero attached hydrogens (tertiary/aromatic N) is 3. The number of amides is 3. The molecule has 4 aliphatic rings. The number of hydrogen-bond acceptors (Lipinski definition) is 7. The lowest BCUT2D eigenvalue weighted by molar-refractivity contribution is -0.151. The van der Waals surface area contributed by atoms with Gasteiger partial charge in [-0.3, -0.25) is 14.5 Å². The third kappa shape index (κ3) is 5.47. The fourth-order valence-electron chi connectivity index (χ4n) is 8.33. The van der Waals surface area contributed by atoms with E-state index in [0.717, 1.165) is 32.5 Å². The van der Waals surface area contributed by atoms with Crippen LogP contribution in [0.2, 0.25) is 18.6 Å². The van der Waals surface area contributed by atoms with Crippen molar-refractivity contribution in [1.82, 2.24) is 4.90 Å². The molecule has 4 aliphatic heterocycles. The number of halogens is 1. The highest BCUT2D eigenvalue weighted by Gasteiger charge is 2.66. The first-order valence-electron chi connectivity index (χ1n) is 16.4. The molecule has 3 aromatic rings. The van der Waals surface area contributed by atoms with Gasteiger partial charge >= 0.3 is 6.09 Å². The van der Waals surface area contributed by atoms with Gasteiger partial charge in [0.2, 0.25) is 5.91 Å². The summed E-state index contributed by atoms with van der Waals surface area (Å²) < 4.78 is 12.8. The van der Waals surface area contributed by atoms with E-state index in [1.165, 1.54) is 0 Å². The summed E-state index contributed by atoms with van der Waals surface area (Å²) in [6.45, 7) is 7.00. The van der Waals surface area contributed by atoms with Gasteiger partial charge in [0, 0.05) is 33.7 Å². The van der Waals surface area contributed by atoms with Crippen LogP contribution in [0.15, 0.2) is 71.2 Å². The van der Waals surface area contributed by atoms with Gasteiger partial charge in [-0.05, 0) is 66.5 Å². The topological polar surface area (TPSA) is 120 Å². The highest BCUT2D eigenvalue weighted by atomic mass is 79.9. The van der Waals surface area contributed by atoms with Gasteiger partial charge in [0.05, 0.1) is 44.0 Å². The van der Waals surface area contributed by atoms with E-state index in [2.05, 4.69) is 15.9 Å². The average Bonchev–Trinajstić information content (AvgIpc) is 3.69. The summed E-state index contributed by atoms with van der Waals surface area (Å²) in [6.07, 6.45) is -0.526. The molecule has 2 saturated heterocycles. The van der Waals surface area contributed by atoms with Gasteiger partial charge in [0.15, 0.2) is 13.9 Å². The minimum absolute atomic E-state index is 0.0105. The van der Waals surface area contributed by atoms with Crippen LogP contribution in [-0.4, -0.2) is 72.9 Å². The molecule has 7 rings (SSSR count). The maximum absolute atomic E-state index is 14.8. The number of aliphatic hydroxyl groups is 1. The highest BCUT2D eigenvalue weighted by molar-refractivity contribution is 9.10. The van der Waals surface area contributed by atoms with E-state index in [1.54, 1.807) is 14.7 Å². The van der Waals surface area contributed by atoms with Gasteiger partial charge in [-0.2, -0.15) is 0 Å². The van der Waals surface area contributed by atoms with Crippen LogP contribution in [-0.2, 0) is 44.2 Å². The van der Waals surface area contributed by atoms with Crippen LogP contribution in [0, 0.1) is 5.92 Å². The molecule has 2 N–H and O–H groups in total. The predicted molar refractivity (Wildman–Crippen MR) is 186 cm³/mol. The second-order valence-electron chi connectivity index (χ2n) is 13.9. The van der Waals surface area contributed by atoms with E-state index >= 15 is 0 Å². The maximum atomic E-state index is 14.8. The molecule has 0 radical (unpaired) electrons. The molecule has 12 heteroatoms. The quantitative estimate of drug-likeness (QED) is 0.325. The lowest BCUT2D eigenvalue weighted by Crippen LogP contribution is -2.48. The molecule has 252 valence electrons. The second-order valence-corrected chi connectivity index (χ2v) is 18.8. The van der Waals surface area contributed by atoms with Crippen molar-refractivity contribution >= 4 is 53.5 Å². The van der Waals surface area contributed by atoms with Gasteiger partial charge in [-0.25, -0.2) is 4.79 Å². The summed E-state index contributed by atoms with van der Waals surface area (Å²) >= 11 is 3.60. The van der Waals surface area contributed by atoms with E-state index in [4.69, 9.17) is 9.47 Å². The third-order valence-corrected chi connectivity index (χ3v) is 13.6. The van der Waals surface area contributed by atoms with E-state index in [0.29, 0.717) is 31.7 Å². The Balaban J connectivity index is 1.20. The number of fused-ring (bicyclic) bond motifs is 3. The van der Waals surface area contributed by atoms with Crippen molar-refractivity contribution < 1.29 is 33.8 Å². The Bertz CT molecular complexity index is 1760. The van der Waals surface area contributed by atoms with E-state index < -0.39 is 31.5 Å². The van der Waals surface area contributed by atoms with Gasteiger partial charge < -0.3 is 29.2 Å². The number of cyclic esters (lactones) is 1. The van der Waals surface area contributed by atoms with Crippen LogP contribution in [0.5, 0.6) is 0 Å². The molecule has 0 unspecified atom stereocenters. The molecule has 0 bridgehead atoms. The zero-order valence-corrected chi connectivity index (χ0v) is 29.9. The Labute approximate surface area is 289 Å². The van der Waals surface area contributed by atoms with Crippen molar-refractivity contribution in [3.05, 3.63) is 93.5 Å². The van der Waals surface area contributed by atoms with Crippen LogP contribution in [0.4, 0.5) is 16.2 Å². The third-order valence-electron chi connectivity index (χ3n) is 10.6. The number of hydrogen-bond donors (Lipinski definition) is 2. The summed E-state index contributed by atoms with van der Waals surface area (Å²) in [4.78, 5) is 57.7. The first kappa shape index (κ1) is 33.0. The Kier molecular flexibility index (Phi) is 8.52. The van der Waals surface area contributed by atoms with Crippen molar-refractivity contribution in [3.63, 3.8) is 0 Å². The molecule has 0 aromatic heterocycles. The van der Waals surface area contributed by atoms with Crippen molar-refractivity contribution in [2.24, 2.45) is 5.92 Å². The Morgan fingerprint density at radius 3 is 2.46 bits per heavy atom. The van der Waals surface area contributed by atoms with Crippen molar-refractivity contribution in [2.75, 3.05) is 29.6 Å². The minimum Gasteiger partial charge on any atom is -0.447 e. The average molecular weight is 735 g/mol. The fraction of sp³-hybridized carbons (Fsp3) is 0.417. The number of anilines is 2. The molecular weight excluding hydrogens is 694 g/mol. The molecule has 4 heterocycles. The number of aliphatic hydroxyl groups excluding tert-OH is 1. The van der Waals surface area contributed by atoms with Crippen LogP contribution < -0.4 is 9.80 Å². The molecule has 10 nitrogen and oxygen atoms in total. The fourth-order valence-corrected chi connectivity index (χ4v) is 11.2. The molecule has 0 saturated carbocycles. The number of rotatable bonds is 7. The zero-order chi connectivity index (χ0) is 34.0. The van der Waals surface area contributed by atoms with Gasteiger partial charge in [0.1, 0.15) is 6.61 Å². The predicted octanol–water partition coefficient (Wildman–Crippen LogP) is 5.09. The standard InChI is InChI=1S/C36H40BrN3O7Si/c1-22-33(48(2,3)45)31(18-32(42)39-20-25-7-5-4-6-24(25)16-28(39)21-41)47-36(22)29-17-26(37)10-13-30(29)40(34(36)43)19-23-8-11-27(12-9-23)38-14-15-46-35(38)44/h4-13,17,22,28,31,33,41,45H,14-16,18-21H2,1-3H3/t22-,28+,31+,33-,36+/m1/s1. The lowest BCUT2D eigenvalue weighted by atomic mass is 9.82. The van der Waals surface area contributed by atoms with Crippen LogP contribution >= 0.6 is 15.9 Å². The summed E-state index contributed by atoms with van der Waals surface area (Å²) in [6, 6.07) is 20.8. The number of carbonyl (C=O) groups excluding carboxylic acids is 3. The van der Waals surface area contributed by atoms with Crippen molar-refractivity contribution in [1.29, 1.82) is 0 Å². The Morgan fingerprint density at radius 1 is 1.06 bits per heavy atom. The molecule has 48 heavy (non-hydrogen) atoms. The van der Waals surface area contributed by atoms with Crippen molar-refractivity contribution in [2.45, 2.75) is 69.2 Å². The first-order valence-corrected chi connectivity index (χ1v) is 20.3. The zero-order valence-electron chi connectivity index (χ0n) is 27.3. The van der Waals surface area contributed by atoms with E-state index in [-0.39, 0.29) is 43.5 Å². The summed E-state index contributed by atoms with van der Waals surface area (Å²) in [5, 5.41) is 10.3. The first-order chi connectivity index (χ1) is 22.9. The smallest absolute Gasteiger partial charge is 0.414 e. The van der Waals surface area contributed by atoms with Crippen LogP contribution in [0.1, 0.15) is 35.6 Å². The summed E-state index contributed by atoms with van der Waals surface area (Å²) in [5.74, 6) is -0.819. The second kappa shape index (κ2) is 12.4. The largest absolute Gasteiger partial charge is 0.447 e. The summed E-state index contributed by atoms with van der Waals surface area (Å²) in [7, 11) is -3.00. The molecule has 3 amide bonds. The minimum atomic E-state index is -3.00. The Hall–Kier alpha value is -3.55. The monoisotopic (exact) mass is 733 g/mol. The van der Waals surface area contributed by atoms with Crippen LogP contribution in [0.3, 0.4) is 0 Å². The summed E-state index contributed by atoms with van der Waals surface area (Å²) in [5.41, 5.74) is 3.40.